The zero-order valence-electron chi connectivity index (χ0n) is 11.4. The van der Waals surface area contributed by atoms with Gasteiger partial charge in [-0.3, -0.25) is 4.79 Å². The van der Waals surface area contributed by atoms with Gasteiger partial charge in [-0.05, 0) is 42.7 Å². The second-order valence-electron chi connectivity index (χ2n) is 5.23. The molecule has 1 fully saturated rings. The Hall–Kier alpha value is -2.29. The van der Waals surface area contributed by atoms with Crippen LogP contribution in [0.25, 0.3) is 0 Å². The van der Waals surface area contributed by atoms with Gasteiger partial charge in [-0.25, -0.2) is 0 Å². The molecule has 3 heteroatoms. The number of nitrogen functional groups attached to an aromatic ring is 1. The number of ketones is 1. The van der Waals surface area contributed by atoms with E-state index in [1.54, 1.807) is 7.11 Å². The van der Waals surface area contributed by atoms with Crippen LogP contribution in [0.4, 0.5) is 5.69 Å². The first-order chi connectivity index (χ1) is 9.67. The maximum Gasteiger partial charge on any atom is 0.177 e. The van der Waals surface area contributed by atoms with Crippen molar-refractivity contribution in [2.45, 2.75) is 18.3 Å². The first kappa shape index (κ1) is 12.7. The summed E-state index contributed by atoms with van der Waals surface area (Å²) in [6, 6.07) is 15.0. The van der Waals surface area contributed by atoms with Crippen molar-refractivity contribution in [2.75, 3.05) is 12.8 Å². The van der Waals surface area contributed by atoms with Gasteiger partial charge in [0.15, 0.2) is 5.78 Å². The van der Waals surface area contributed by atoms with E-state index in [2.05, 4.69) is 0 Å². The molecule has 0 aliphatic heterocycles. The summed E-state index contributed by atoms with van der Waals surface area (Å²) in [6.45, 7) is 0. The van der Waals surface area contributed by atoms with Crippen molar-refractivity contribution in [1.29, 1.82) is 0 Å². The van der Waals surface area contributed by atoms with Gasteiger partial charge in [0.05, 0.1) is 18.1 Å². The summed E-state index contributed by atoms with van der Waals surface area (Å²) >= 11 is 0. The lowest BCUT2D eigenvalue weighted by atomic mass is 9.87. The molecule has 3 rings (SSSR count). The van der Waals surface area contributed by atoms with Crippen LogP contribution in [-0.4, -0.2) is 12.9 Å². The minimum Gasteiger partial charge on any atom is -0.496 e. The fraction of sp³-hybridized carbons (Fsp3) is 0.235. The lowest BCUT2D eigenvalue weighted by Crippen LogP contribution is -2.21. The van der Waals surface area contributed by atoms with Crippen LogP contribution in [0.15, 0.2) is 48.5 Å². The second kappa shape index (κ2) is 4.67. The molecule has 0 bridgehead atoms. The molecule has 0 spiro atoms. The van der Waals surface area contributed by atoms with Crippen LogP contribution >= 0.6 is 0 Å². The third-order valence-corrected chi connectivity index (χ3v) is 4.00. The number of hydrogen-bond donors (Lipinski definition) is 1. The number of carbonyl (C=O) groups excluding carboxylic acids is 1. The number of hydrogen-bond acceptors (Lipinski definition) is 3. The van der Waals surface area contributed by atoms with Gasteiger partial charge in [-0.15, -0.1) is 0 Å². The largest absolute Gasteiger partial charge is 0.496 e. The summed E-state index contributed by atoms with van der Waals surface area (Å²) in [5.41, 5.74) is 7.75. The van der Waals surface area contributed by atoms with Crippen molar-refractivity contribution < 1.29 is 9.53 Å². The Kier molecular flexibility index (Phi) is 2.97. The van der Waals surface area contributed by atoms with Gasteiger partial charge in [-0.1, -0.05) is 24.3 Å². The minimum atomic E-state index is -0.387. The number of para-hydroxylation sites is 1. The van der Waals surface area contributed by atoms with Crippen molar-refractivity contribution in [3.05, 3.63) is 59.7 Å². The predicted octanol–water partition coefficient (Wildman–Crippen LogP) is 3.19. The topological polar surface area (TPSA) is 52.3 Å². The van der Waals surface area contributed by atoms with Gasteiger partial charge in [0.2, 0.25) is 0 Å². The molecule has 2 N–H and O–H groups in total. The van der Waals surface area contributed by atoms with Crippen molar-refractivity contribution in [1.82, 2.24) is 0 Å². The molecule has 0 amide bonds. The van der Waals surface area contributed by atoms with E-state index >= 15 is 0 Å². The van der Waals surface area contributed by atoms with Crippen molar-refractivity contribution >= 4 is 11.5 Å². The molecule has 1 saturated carbocycles. The molecule has 2 aromatic carbocycles. The summed E-state index contributed by atoms with van der Waals surface area (Å²) in [7, 11) is 1.59. The van der Waals surface area contributed by atoms with Gasteiger partial charge in [-0.2, -0.15) is 0 Å². The highest BCUT2D eigenvalue weighted by Gasteiger charge is 2.51. The quantitative estimate of drug-likeness (QED) is 0.683. The molecule has 0 radical (unpaired) electrons. The van der Waals surface area contributed by atoms with Gasteiger partial charge in [0.1, 0.15) is 5.75 Å². The molecule has 20 heavy (non-hydrogen) atoms. The Morgan fingerprint density at radius 2 is 1.75 bits per heavy atom. The molecule has 0 atom stereocenters. The van der Waals surface area contributed by atoms with E-state index in [1.165, 1.54) is 0 Å². The highest BCUT2D eigenvalue weighted by molar-refractivity contribution is 6.08. The Balaban J connectivity index is 1.99. The van der Waals surface area contributed by atoms with Crippen LogP contribution in [0.5, 0.6) is 5.75 Å². The summed E-state index contributed by atoms with van der Waals surface area (Å²) < 4.78 is 5.30. The van der Waals surface area contributed by atoms with Crippen LogP contribution in [0, 0.1) is 0 Å². The van der Waals surface area contributed by atoms with Gasteiger partial charge >= 0.3 is 0 Å². The fourth-order valence-corrected chi connectivity index (χ4v) is 2.66. The Bertz CT molecular complexity index is 642. The molecule has 2 aromatic rings. The highest BCUT2D eigenvalue weighted by atomic mass is 16.5. The summed E-state index contributed by atoms with van der Waals surface area (Å²) in [5.74, 6) is 0.777. The molecule has 1 aliphatic rings. The average Bonchev–Trinajstić information content (AvgIpc) is 3.29. The Morgan fingerprint density at radius 1 is 1.10 bits per heavy atom. The maximum absolute atomic E-state index is 12.9. The smallest absolute Gasteiger partial charge is 0.177 e. The standard InChI is InChI=1S/C17H17NO2/c1-20-15-5-3-2-4-14(15)16(19)17(10-11-17)12-6-8-13(18)9-7-12/h2-9H,10-11,18H2,1H3. The SMILES string of the molecule is COc1ccccc1C(=O)C1(c2ccc(N)cc2)CC1. The van der Waals surface area contributed by atoms with E-state index in [1.807, 2.05) is 48.5 Å². The van der Waals surface area contributed by atoms with E-state index in [0.29, 0.717) is 17.0 Å². The van der Waals surface area contributed by atoms with Crippen LogP contribution in [-0.2, 0) is 5.41 Å². The van der Waals surface area contributed by atoms with Crippen LogP contribution < -0.4 is 10.5 Å². The number of nitrogens with two attached hydrogens (primary N) is 1. The molecular weight excluding hydrogens is 250 g/mol. The third kappa shape index (κ3) is 1.95. The third-order valence-electron chi connectivity index (χ3n) is 4.00. The van der Waals surface area contributed by atoms with E-state index in [9.17, 15) is 4.79 Å². The molecule has 3 nitrogen and oxygen atoms in total. The van der Waals surface area contributed by atoms with E-state index < -0.39 is 0 Å². The lowest BCUT2D eigenvalue weighted by molar-refractivity contribution is 0.0943. The zero-order chi connectivity index (χ0) is 14.2. The van der Waals surface area contributed by atoms with Crippen LogP contribution in [0.2, 0.25) is 0 Å². The van der Waals surface area contributed by atoms with E-state index in [-0.39, 0.29) is 11.2 Å². The van der Waals surface area contributed by atoms with Crippen molar-refractivity contribution in [3.63, 3.8) is 0 Å². The Morgan fingerprint density at radius 3 is 2.35 bits per heavy atom. The second-order valence-corrected chi connectivity index (χ2v) is 5.23. The normalized spacial score (nSPS) is 15.7. The number of rotatable bonds is 4. The number of Topliss-reactive ketones (excluding diaryl/α,β-unsaturated/α-hetero) is 1. The average molecular weight is 267 g/mol. The minimum absolute atomic E-state index is 0.139. The number of anilines is 1. The maximum atomic E-state index is 12.9. The first-order valence-electron chi connectivity index (χ1n) is 6.71. The molecule has 0 heterocycles. The van der Waals surface area contributed by atoms with Crippen LogP contribution in [0.3, 0.4) is 0 Å². The molecule has 0 saturated heterocycles. The number of methoxy groups -OCH3 is 1. The lowest BCUT2D eigenvalue weighted by Gasteiger charge is -2.16. The number of carbonyl (C=O) groups is 1. The summed E-state index contributed by atoms with van der Waals surface area (Å²) in [4.78, 5) is 12.9. The van der Waals surface area contributed by atoms with E-state index in [4.69, 9.17) is 10.5 Å². The molecular formula is C17H17NO2. The van der Waals surface area contributed by atoms with Crippen molar-refractivity contribution in [2.24, 2.45) is 0 Å². The summed E-state index contributed by atoms with van der Waals surface area (Å²) in [5, 5.41) is 0. The number of benzene rings is 2. The molecule has 102 valence electrons. The molecule has 0 aromatic heterocycles. The molecule has 1 aliphatic carbocycles. The number of ether oxygens (including phenoxy) is 1. The predicted molar refractivity (Wildman–Crippen MR) is 79.1 cm³/mol. The van der Waals surface area contributed by atoms with Crippen molar-refractivity contribution in [3.8, 4) is 5.75 Å². The molecule has 0 unspecified atom stereocenters. The summed E-state index contributed by atoms with van der Waals surface area (Å²) in [6.07, 6.45) is 1.77. The van der Waals surface area contributed by atoms with Gasteiger partial charge in [0.25, 0.3) is 0 Å². The Labute approximate surface area is 118 Å². The van der Waals surface area contributed by atoms with Crippen LogP contribution in [0.1, 0.15) is 28.8 Å². The fourth-order valence-electron chi connectivity index (χ4n) is 2.66. The monoisotopic (exact) mass is 267 g/mol. The highest BCUT2D eigenvalue weighted by Crippen LogP contribution is 2.51. The van der Waals surface area contributed by atoms with Gasteiger partial charge < -0.3 is 10.5 Å². The van der Waals surface area contributed by atoms with Gasteiger partial charge in [0, 0.05) is 5.69 Å². The zero-order valence-corrected chi connectivity index (χ0v) is 11.4. The first-order valence-corrected chi connectivity index (χ1v) is 6.71. The van der Waals surface area contributed by atoms with E-state index in [0.717, 1.165) is 18.4 Å².